The van der Waals surface area contributed by atoms with Crippen molar-refractivity contribution in [1.82, 2.24) is 4.98 Å². The lowest BCUT2D eigenvalue weighted by Crippen LogP contribution is -1.81. The Kier molecular flexibility index (Phi) is 1.62. The van der Waals surface area contributed by atoms with E-state index in [-0.39, 0.29) is 5.12 Å². The largest absolute Gasteiger partial charge is 0.364 e. The van der Waals surface area contributed by atoms with E-state index < -0.39 is 0 Å². The highest BCUT2D eigenvalue weighted by atomic mass is 32.1. The van der Waals surface area contributed by atoms with Gasteiger partial charge in [0.2, 0.25) is 5.12 Å². The van der Waals surface area contributed by atoms with Crippen LogP contribution in [0.5, 0.6) is 0 Å². The molecule has 1 aromatic rings. The van der Waals surface area contributed by atoms with Crippen molar-refractivity contribution in [1.29, 1.82) is 0 Å². The van der Waals surface area contributed by atoms with E-state index in [0.29, 0.717) is 5.56 Å². The van der Waals surface area contributed by atoms with E-state index in [1.807, 2.05) is 6.92 Å². The molecule has 0 saturated heterocycles. The van der Waals surface area contributed by atoms with Gasteiger partial charge < -0.3 is 4.98 Å². The molecule has 0 saturated carbocycles. The number of carbonyl (C=O) groups excluding carboxylic acids is 1. The minimum Gasteiger partial charge on any atom is -0.364 e. The Morgan fingerprint density at radius 3 is 2.67 bits per heavy atom. The zero-order chi connectivity index (χ0) is 6.85. The summed E-state index contributed by atoms with van der Waals surface area (Å²) in [6.45, 7) is 1.89. The van der Waals surface area contributed by atoms with Crippen molar-refractivity contribution in [2.24, 2.45) is 0 Å². The lowest BCUT2D eigenvalue weighted by molar-refractivity contribution is 0.109. The Morgan fingerprint density at radius 2 is 2.44 bits per heavy atom. The normalized spacial score (nSPS) is 9.56. The van der Waals surface area contributed by atoms with Crippen molar-refractivity contribution in [2.75, 3.05) is 0 Å². The number of aromatic amines is 1. The van der Waals surface area contributed by atoms with Gasteiger partial charge in [-0.15, -0.1) is 12.6 Å². The average molecular weight is 141 g/mol. The van der Waals surface area contributed by atoms with Gasteiger partial charge in [0.05, 0.1) is 0 Å². The highest BCUT2D eigenvalue weighted by Crippen LogP contribution is 2.04. The molecule has 0 aliphatic carbocycles. The van der Waals surface area contributed by atoms with E-state index in [4.69, 9.17) is 0 Å². The number of rotatable bonds is 1. The van der Waals surface area contributed by atoms with Crippen LogP contribution in [-0.4, -0.2) is 10.1 Å². The van der Waals surface area contributed by atoms with Crippen LogP contribution >= 0.6 is 12.6 Å². The molecule has 1 heterocycles. The molecule has 0 aliphatic heterocycles. The molecule has 0 fully saturated rings. The number of aromatic nitrogens is 1. The lowest BCUT2D eigenvalue weighted by atomic mass is 10.3. The Morgan fingerprint density at radius 1 is 1.78 bits per heavy atom. The monoisotopic (exact) mass is 141 g/mol. The van der Waals surface area contributed by atoms with Crippen molar-refractivity contribution in [3.8, 4) is 0 Å². The number of nitrogens with one attached hydrogen (secondary N) is 1. The van der Waals surface area contributed by atoms with Crippen LogP contribution in [0.15, 0.2) is 12.3 Å². The maximum Gasteiger partial charge on any atom is 0.217 e. The van der Waals surface area contributed by atoms with Gasteiger partial charge in [0.1, 0.15) is 0 Å². The average Bonchev–Trinajstić information content (AvgIpc) is 2.14. The van der Waals surface area contributed by atoms with Gasteiger partial charge in [0.15, 0.2) is 0 Å². The third kappa shape index (κ3) is 1.36. The molecule has 0 radical (unpaired) electrons. The second kappa shape index (κ2) is 2.27. The van der Waals surface area contributed by atoms with Gasteiger partial charge in [-0.25, -0.2) is 0 Å². The summed E-state index contributed by atoms with van der Waals surface area (Å²) in [7, 11) is 0. The fourth-order valence-electron chi connectivity index (χ4n) is 0.632. The molecule has 0 atom stereocenters. The molecule has 3 heteroatoms. The quantitative estimate of drug-likeness (QED) is 0.569. The Balaban J connectivity index is 2.98. The Hall–Kier alpha value is -0.700. The molecule has 1 rings (SSSR count). The third-order valence-corrected chi connectivity index (χ3v) is 1.33. The van der Waals surface area contributed by atoms with E-state index in [1.165, 1.54) is 0 Å². The summed E-state index contributed by atoms with van der Waals surface area (Å²) in [5.41, 5.74) is 1.60. The SMILES string of the molecule is Cc1cc(C(=O)S)c[nH]1. The van der Waals surface area contributed by atoms with Crippen LogP contribution in [0.1, 0.15) is 16.1 Å². The van der Waals surface area contributed by atoms with Gasteiger partial charge >= 0.3 is 0 Å². The van der Waals surface area contributed by atoms with Crippen molar-refractivity contribution in [3.05, 3.63) is 23.5 Å². The summed E-state index contributed by atoms with van der Waals surface area (Å²) >= 11 is 3.64. The van der Waals surface area contributed by atoms with Gasteiger partial charge in [-0.2, -0.15) is 0 Å². The van der Waals surface area contributed by atoms with Crippen LogP contribution < -0.4 is 0 Å². The van der Waals surface area contributed by atoms with Crippen LogP contribution in [0.25, 0.3) is 0 Å². The zero-order valence-corrected chi connectivity index (χ0v) is 5.90. The molecule has 2 nitrogen and oxygen atoms in total. The van der Waals surface area contributed by atoms with Gasteiger partial charge in [0, 0.05) is 17.5 Å². The molecule has 0 bridgehead atoms. The molecule has 0 aromatic carbocycles. The topological polar surface area (TPSA) is 32.9 Å². The molecule has 1 aromatic heterocycles. The van der Waals surface area contributed by atoms with Crippen LogP contribution in [0.2, 0.25) is 0 Å². The number of hydrogen-bond acceptors (Lipinski definition) is 1. The molecule has 48 valence electrons. The summed E-state index contributed by atoms with van der Waals surface area (Å²) < 4.78 is 0. The van der Waals surface area contributed by atoms with Crippen molar-refractivity contribution < 1.29 is 4.79 Å². The molecule has 0 amide bonds. The summed E-state index contributed by atoms with van der Waals surface area (Å²) in [6, 6.07) is 1.76. The summed E-state index contributed by atoms with van der Waals surface area (Å²) in [5, 5.41) is -0.195. The Bertz CT molecular complexity index is 229. The highest BCUT2D eigenvalue weighted by Gasteiger charge is 1.99. The number of aryl methyl sites for hydroxylation is 1. The summed E-state index contributed by atoms with van der Waals surface area (Å²) in [4.78, 5) is 13.4. The van der Waals surface area contributed by atoms with Crippen LogP contribution in [-0.2, 0) is 0 Å². The molecule has 1 N–H and O–H groups in total. The molecular weight excluding hydrogens is 134 g/mol. The molecule has 9 heavy (non-hydrogen) atoms. The second-order valence-corrected chi connectivity index (χ2v) is 2.28. The predicted molar refractivity (Wildman–Crippen MR) is 38.8 cm³/mol. The van der Waals surface area contributed by atoms with E-state index in [9.17, 15) is 4.79 Å². The van der Waals surface area contributed by atoms with Crippen LogP contribution in [0, 0.1) is 6.92 Å². The van der Waals surface area contributed by atoms with Gasteiger partial charge in [-0.1, -0.05) is 0 Å². The minimum absolute atomic E-state index is 0.195. The van der Waals surface area contributed by atoms with E-state index in [0.717, 1.165) is 5.69 Å². The van der Waals surface area contributed by atoms with Crippen LogP contribution in [0.3, 0.4) is 0 Å². The summed E-state index contributed by atoms with van der Waals surface area (Å²) in [5.74, 6) is 0. The van der Waals surface area contributed by atoms with E-state index >= 15 is 0 Å². The zero-order valence-electron chi connectivity index (χ0n) is 5.01. The second-order valence-electron chi connectivity index (χ2n) is 1.88. The molecule has 0 spiro atoms. The van der Waals surface area contributed by atoms with Crippen LogP contribution in [0.4, 0.5) is 0 Å². The first-order valence-corrected chi connectivity index (χ1v) is 3.03. The summed E-state index contributed by atoms with van der Waals surface area (Å²) in [6.07, 6.45) is 1.64. The maximum atomic E-state index is 10.5. The van der Waals surface area contributed by atoms with Crippen molar-refractivity contribution in [3.63, 3.8) is 0 Å². The van der Waals surface area contributed by atoms with Gasteiger partial charge in [-0.3, -0.25) is 4.79 Å². The van der Waals surface area contributed by atoms with E-state index in [2.05, 4.69) is 17.6 Å². The number of carbonyl (C=O) groups is 1. The maximum absolute atomic E-state index is 10.5. The first kappa shape index (κ1) is 6.42. The molecule has 0 unspecified atom stereocenters. The smallest absolute Gasteiger partial charge is 0.217 e. The Labute approximate surface area is 58.7 Å². The van der Waals surface area contributed by atoms with Crippen molar-refractivity contribution in [2.45, 2.75) is 6.92 Å². The fraction of sp³-hybridized carbons (Fsp3) is 0.167. The molecular formula is C6H7NOS. The third-order valence-electron chi connectivity index (χ3n) is 1.07. The lowest BCUT2D eigenvalue weighted by Gasteiger charge is -1.79. The number of thiol groups is 1. The fourth-order valence-corrected chi connectivity index (χ4v) is 0.761. The number of hydrogen-bond donors (Lipinski definition) is 2. The van der Waals surface area contributed by atoms with E-state index in [1.54, 1.807) is 12.3 Å². The predicted octanol–water partition coefficient (Wildman–Crippen LogP) is 1.39. The van der Waals surface area contributed by atoms with Crippen molar-refractivity contribution >= 4 is 17.7 Å². The molecule has 0 aliphatic rings. The standard InChI is InChI=1S/C6H7NOS/c1-4-2-5(3-7-4)6(8)9/h2-3,7H,1H3,(H,8,9). The first-order valence-electron chi connectivity index (χ1n) is 2.58. The first-order chi connectivity index (χ1) is 4.20. The van der Waals surface area contributed by atoms with Gasteiger partial charge in [0.25, 0.3) is 0 Å². The van der Waals surface area contributed by atoms with Gasteiger partial charge in [-0.05, 0) is 13.0 Å². The minimum atomic E-state index is -0.195. The highest BCUT2D eigenvalue weighted by molar-refractivity contribution is 7.97. The number of H-pyrrole nitrogens is 1.